The highest BCUT2D eigenvalue weighted by Crippen LogP contribution is 2.36. The molecule has 22 heavy (non-hydrogen) atoms. The van der Waals surface area contributed by atoms with Gasteiger partial charge in [-0.25, -0.2) is 0 Å². The summed E-state index contributed by atoms with van der Waals surface area (Å²) in [5, 5.41) is 19.5. The second kappa shape index (κ2) is 6.26. The first-order valence-electron chi connectivity index (χ1n) is 6.68. The maximum atomic E-state index is 12.1. The van der Waals surface area contributed by atoms with E-state index in [1.807, 2.05) is 0 Å². The number of likely N-dealkylation sites (tertiary alicyclic amines) is 1. The molecule has 1 amide bonds. The fraction of sp³-hybridized carbons (Fsp3) is 0.333. The average molecular weight is 303 g/mol. The van der Waals surface area contributed by atoms with Crippen LogP contribution in [0.5, 0.6) is 11.5 Å². The molecule has 0 spiro atoms. The van der Waals surface area contributed by atoms with Crippen LogP contribution in [0.25, 0.3) is 5.76 Å². The number of nitriles is 1. The van der Waals surface area contributed by atoms with E-state index in [0.29, 0.717) is 24.6 Å². The number of methoxy groups -OCH3 is 2. The van der Waals surface area contributed by atoms with Crippen LogP contribution in [0, 0.1) is 11.3 Å². The van der Waals surface area contributed by atoms with Crippen molar-refractivity contribution in [3.8, 4) is 17.6 Å². The van der Waals surface area contributed by atoms with Gasteiger partial charge >= 0.3 is 0 Å². The summed E-state index contributed by atoms with van der Waals surface area (Å²) in [6, 6.07) is 4.65. The Morgan fingerprint density at radius 1 is 1.36 bits per heavy atom. The van der Waals surface area contributed by atoms with Crippen LogP contribution in [-0.2, 0) is 4.79 Å². The molecular weight excluding hydrogens is 286 g/mol. The van der Waals surface area contributed by atoms with Gasteiger partial charge in [-0.15, -0.1) is 0 Å². The number of rotatable bonds is 4. The Morgan fingerprint density at radius 3 is 2.50 bits per heavy atom. The maximum absolute atomic E-state index is 12.1. The Morgan fingerprint density at radius 2 is 2.05 bits per heavy atom. The normalized spacial score (nSPS) is 14.5. The predicted octanol–water partition coefficient (Wildman–Crippen LogP) is 1.31. The first kappa shape index (κ1) is 15.5. The molecule has 3 N–H and O–H groups in total. The number of ether oxygens (including phenoxy) is 2. The highest BCUT2D eigenvalue weighted by atomic mass is 16.5. The van der Waals surface area contributed by atoms with Crippen molar-refractivity contribution in [2.75, 3.05) is 33.0 Å². The number of nitrogens with zero attached hydrogens (tertiary/aromatic N) is 2. The molecule has 1 aromatic carbocycles. The number of carbonyl (C=O) groups is 1. The van der Waals surface area contributed by atoms with Gasteiger partial charge in [-0.2, -0.15) is 5.26 Å². The highest BCUT2D eigenvalue weighted by molar-refractivity contribution is 6.04. The number of carbonyl (C=O) groups excluding carboxylic acids is 1. The number of benzene rings is 1. The van der Waals surface area contributed by atoms with E-state index >= 15 is 0 Å². The van der Waals surface area contributed by atoms with Crippen LogP contribution in [0.4, 0.5) is 5.69 Å². The molecule has 2 rings (SSSR count). The van der Waals surface area contributed by atoms with Crippen molar-refractivity contribution in [2.45, 2.75) is 6.42 Å². The van der Waals surface area contributed by atoms with Crippen molar-refractivity contribution in [1.82, 2.24) is 4.90 Å². The van der Waals surface area contributed by atoms with Gasteiger partial charge in [0.15, 0.2) is 17.1 Å². The molecule has 1 heterocycles. The second-order valence-electron chi connectivity index (χ2n) is 4.78. The molecule has 7 nitrogen and oxygen atoms in total. The van der Waals surface area contributed by atoms with Gasteiger partial charge in [-0.05, 0) is 18.6 Å². The van der Waals surface area contributed by atoms with Gasteiger partial charge < -0.3 is 25.2 Å². The number of nitrogens with two attached hydrogens (primary N) is 1. The molecule has 1 aromatic rings. The summed E-state index contributed by atoms with van der Waals surface area (Å²) in [6.07, 6.45) is 0.897. The summed E-state index contributed by atoms with van der Waals surface area (Å²) in [7, 11) is 2.87. The molecule has 1 saturated heterocycles. The number of amides is 1. The van der Waals surface area contributed by atoms with Crippen molar-refractivity contribution in [2.24, 2.45) is 0 Å². The fourth-order valence-corrected chi connectivity index (χ4v) is 2.15. The quantitative estimate of drug-likeness (QED) is 0.376. The standard InChI is InChI=1S/C15H17N3O4/c1-21-12-7-9(6-11(17)14(12)22-2)13(19)10(8-16)15(20)18-4-3-5-18/h6-7,19H,3-5,17H2,1-2H3/b13-10-. The molecule has 0 radical (unpaired) electrons. The lowest BCUT2D eigenvalue weighted by Gasteiger charge is -2.30. The van der Waals surface area contributed by atoms with E-state index < -0.39 is 11.7 Å². The zero-order valence-corrected chi connectivity index (χ0v) is 12.4. The van der Waals surface area contributed by atoms with E-state index in [0.717, 1.165) is 6.42 Å². The molecule has 0 unspecified atom stereocenters. The molecule has 0 atom stereocenters. The van der Waals surface area contributed by atoms with Crippen LogP contribution < -0.4 is 15.2 Å². The largest absolute Gasteiger partial charge is 0.506 e. The number of aliphatic hydroxyl groups excluding tert-OH is 1. The lowest BCUT2D eigenvalue weighted by molar-refractivity contribution is -0.129. The van der Waals surface area contributed by atoms with Gasteiger partial charge in [0.05, 0.1) is 19.9 Å². The third-order valence-corrected chi connectivity index (χ3v) is 3.49. The Balaban J connectivity index is 2.48. The second-order valence-corrected chi connectivity index (χ2v) is 4.78. The molecule has 1 fully saturated rings. The maximum Gasteiger partial charge on any atom is 0.268 e. The summed E-state index contributed by atoms with van der Waals surface area (Å²) < 4.78 is 10.3. The van der Waals surface area contributed by atoms with Gasteiger partial charge in [0.2, 0.25) is 0 Å². The van der Waals surface area contributed by atoms with Crippen LogP contribution in [0.15, 0.2) is 17.7 Å². The Hall–Kier alpha value is -2.88. The predicted molar refractivity (Wildman–Crippen MR) is 80.3 cm³/mol. The monoisotopic (exact) mass is 303 g/mol. The lowest BCUT2D eigenvalue weighted by Crippen LogP contribution is -2.42. The molecule has 0 bridgehead atoms. The van der Waals surface area contributed by atoms with E-state index in [9.17, 15) is 15.2 Å². The van der Waals surface area contributed by atoms with Gasteiger partial charge in [-0.3, -0.25) is 4.79 Å². The molecule has 1 aliphatic rings. The molecule has 0 aliphatic carbocycles. The number of hydrogen-bond donors (Lipinski definition) is 2. The molecule has 116 valence electrons. The number of anilines is 1. The van der Waals surface area contributed by atoms with Crippen molar-refractivity contribution < 1.29 is 19.4 Å². The third kappa shape index (κ3) is 2.63. The van der Waals surface area contributed by atoms with Gasteiger partial charge in [0, 0.05) is 18.7 Å². The van der Waals surface area contributed by atoms with Crippen molar-refractivity contribution in [3.05, 3.63) is 23.3 Å². The SMILES string of the molecule is COc1cc(/C(O)=C(\C#N)C(=O)N2CCC2)cc(N)c1OC. The summed E-state index contributed by atoms with van der Waals surface area (Å²) in [4.78, 5) is 13.6. The topological polar surface area (TPSA) is 109 Å². The number of aliphatic hydroxyl groups is 1. The van der Waals surface area contributed by atoms with Gasteiger partial charge in [0.1, 0.15) is 11.8 Å². The molecule has 0 saturated carbocycles. The van der Waals surface area contributed by atoms with Crippen LogP contribution in [0.3, 0.4) is 0 Å². The van der Waals surface area contributed by atoms with Crippen LogP contribution >= 0.6 is 0 Å². The fourth-order valence-electron chi connectivity index (χ4n) is 2.15. The molecule has 0 aromatic heterocycles. The summed E-state index contributed by atoms with van der Waals surface area (Å²) in [6.45, 7) is 1.18. The van der Waals surface area contributed by atoms with Crippen LogP contribution in [0.1, 0.15) is 12.0 Å². The molecular formula is C15H17N3O4. The van der Waals surface area contributed by atoms with E-state index in [1.165, 1.54) is 31.3 Å². The Labute approximate surface area is 128 Å². The first-order chi connectivity index (χ1) is 10.5. The number of hydrogen-bond acceptors (Lipinski definition) is 6. The van der Waals surface area contributed by atoms with Crippen molar-refractivity contribution in [3.63, 3.8) is 0 Å². The Kier molecular flexibility index (Phi) is 4.41. The van der Waals surface area contributed by atoms with E-state index in [2.05, 4.69) is 0 Å². The summed E-state index contributed by atoms with van der Waals surface area (Å²) in [5.41, 5.74) is 5.99. The summed E-state index contributed by atoms with van der Waals surface area (Å²) in [5.74, 6) is -0.281. The first-order valence-corrected chi connectivity index (χ1v) is 6.68. The minimum absolute atomic E-state index is 0.223. The van der Waals surface area contributed by atoms with Crippen molar-refractivity contribution in [1.29, 1.82) is 5.26 Å². The molecule has 1 aliphatic heterocycles. The Bertz CT molecular complexity index is 672. The van der Waals surface area contributed by atoms with Crippen molar-refractivity contribution >= 4 is 17.4 Å². The molecule has 7 heteroatoms. The smallest absolute Gasteiger partial charge is 0.268 e. The van der Waals surface area contributed by atoms with Crippen LogP contribution in [0.2, 0.25) is 0 Å². The van der Waals surface area contributed by atoms with E-state index in [4.69, 9.17) is 15.2 Å². The van der Waals surface area contributed by atoms with Crippen LogP contribution in [-0.4, -0.2) is 43.2 Å². The van der Waals surface area contributed by atoms with Gasteiger partial charge in [0.25, 0.3) is 5.91 Å². The highest BCUT2D eigenvalue weighted by Gasteiger charge is 2.27. The lowest BCUT2D eigenvalue weighted by atomic mass is 10.0. The minimum atomic E-state index is -0.486. The minimum Gasteiger partial charge on any atom is -0.506 e. The van der Waals surface area contributed by atoms with Gasteiger partial charge in [-0.1, -0.05) is 0 Å². The zero-order chi connectivity index (χ0) is 16.3. The average Bonchev–Trinajstić information content (AvgIpc) is 2.45. The van der Waals surface area contributed by atoms with E-state index in [-0.39, 0.29) is 16.8 Å². The zero-order valence-electron chi connectivity index (χ0n) is 12.4. The summed E-state index contributed by atoms with van der Waals surface area (Å²) >= 11 is 0. The third-order valence-electron chi connectivity index (χ3n) is 3.49. The van der Waals surface area contributed by atoms with E-state index in [1.54, 1.807) is 6.07 Å². The number of nitrogen functional groups attached to an aromatic ring is 1.